The number of aromatic amines is 1. The van der Waals surface area contributed by atoms with Gasteiger partial charge in [-0.1, -0.05) is 23.8 Å². The zero-order chi connectivity index (χ0) is 27.1. The monoisotopic (exact) mass is 551 g/mol. The number of fused-ring (bicyclic) bond motifs is 3. The second-order valence-electron chi connectivity index (χ2n) is 10.6. The third-order valence-electron chi connectivity index (χ3n) is 8.27. The molecule has 4 atom stereocenters. The molecular weight excluding hydrogens is 518 g/mol. The highest BCUT2D eigenvalue weighted by molar-refractivity contribution is 6.34. The fraction of sp³-hybridized carbons (Fsp3) is 0.464. The Balaban J connectivity index is 1.31. The predicted molar refractivity (Wildman–Crippen MR) is 152 cm³/mol. The lowest BCUT2D eigenvalue weighted by Gasteiger charge is -2.34. The van der Waals surface area contributed by atoms with E-state index in [0.29, 0.717) is 27.7 Å². The number of allylic oxidation sites excluding steroid dienone is 1. The predicted octanol–water partition coefficient (Wildman–Crippen LogP) is 2.75. The molecule has 3 aliphatic rings. The maximum Gasteiger partial charge on any atom is 0.225 e. The van der Waals surface area contributed by atoms with Crippen LogP contribution in [0.15, 0.2) is 36.5 Å². The highest BCUT2D eigenvalue weighted by atomic mass is 35.5. The van der Waals surface area contributed by atoms with Crippen molar-refractivity contribution >= 4 is 40.0 Å². The molecule has 1 amide bonds. The summed E-state index contributed by atoms with van der Waals surface area (Å²) >= 11 is 6.67. The molecule has 0 radical (unpaired) electrons. The van der Waals surface area contributed by atoms with Gasteiger partial charge in [0.2, 0.25) is 5.91 Å². The third-order valence-corrected chi connectivity index (χ3v) is 8.55. The van der Waals surface area contributed by atoms with Crippen LogP contribution >= 0.6 is 11.6 Å². The lowest BCUT2D eigenvalue weighted by Crippen LogP contribution is -2.44. The topological polar surface area (TPSA) is 119 Å². The zero-order valence-electron chi connectivity index (χ0n) is 22.2. The molecule has 1 aromatic carbocycles. The van der Waals surface area contributed by atoms with Gasteiger partial charge in [-0.25, -0.2) is 9.97 Å². The molecule has 2 bridgehead atoms. The first-order valence-electron chi connectivity index (χ1n) is 13.5. The van der Waals surface area contributed by atoms with Crippen molar-refractivity contribution in [1.82, 2.24) is 25.2 Å². The number of aliphatic hydroxyl groups excluding tert-OH is 1. The summed E-state index contributed by atoms with van der Waals surface area (Å²) in [6.45, 7) is 4.14. The molecule has 4 N–H and O–H groups in total. The second kappa shape index (κ2) is 10.7. The second-order valence-corrected chi connectivity index (χ2v) is 11.0. The van der Waals surface area contributed by atoms with Crippen LogP contribution in [0.25, 0.3) is 22.6 Å². The van der Waals surface area contributed by atoms with Crippen molar-refractivity contribution < 1.29 is 14.6 Å². The molecule has 39 heavy (non-hydrogen) atoms. The van der Waals surface area contributed by atoms with Gasteiger partial charge in [0, 0.05) is 50.5 Å². The number of nitrogens with zero attached hydrogens (tertiary/aromatic N) is 4. The molecule has 206 valence electrons. The molecular formula is C28H34ClN7O3. The summed E-state index contributed by atoms with van der Waals surface area (Å²) in [5, 5.41) is 16.1. The van der Waals surface area contributed by atoms with E-state index in [2.05, 4.69) is 61.7 Å². The number of aromatic nitrogens is 3. The molecule has 1 saturated heterocycles. The van der Waals surface area contributed by atoms with Crippen molar-refractivity contribution in [2.45, 2.75) is 12.5 Å². The van der Waals surface area contributed by atoms with Gasteiger partial charge < -0.3 is 35.3 Å². The number of hydrogen-bond acceptors (Lipinski definition) is 8. The summed E-state index contributed by atoms with van der Waals surface area (Å²) in [7, 11) is 3.81. The Bertz CT molecular complexity index is 1400. The van der Waals surface area contributed by atoms with E-state index in [9.17, 15) is 9.90 Å². The minimum Gasteiger partial charge on any atom is -0.496 e. The molecule has 2 aliphatic carbocycles. The van der Waals surface area contributed by atoms with E-state index in [1.165, 1.54) is 0 Å². The summed E-state index contributed by atoms with van der Waals surface area (Å²) < 4.78 is 5.79. The standard InChI is InChI=1S/C28H34ClN7O3/c1-35-8-10-36(11-9-35)18-5-6-19(21(14-18)39-2)26-33-25-24(20(29)15-31-27(25)34-26)32-23-17-4-3-16(13-17)22(23)28(38)30-7-12-37/h3-6,14-17,22-23,37H,7-13H2,1-2H3,(H,30,38)(H2,31,32,33,34)/t16-,17+,22+,23-/m1/s1. The molecule has 3 heterocycles. The minimum atomic E-state index is -0.254. The highest BCUT2D eigenvalue weighted by Crippen LogP contribution is 2.46. The van der Waals surface area contributed by atoms with Gasteiger partial charge in [-0.3, -0.25) is 4.79 Å². The number of nitrogens with one attached hydrogen (secondary N) is 3. The molecule has 3 aromatic rings. The third kappa shape index (κ3) is 4.81. The van der Waals surface area contributed by atoms with Crippen LogP contribution in [-0.4, -0.2) is 90.4 Å². The number of imidazole rings is 1. The maximum atomic E-state index is 13.0. The van der Waals surface area contributed by atoms with Crippen LogP contribution in [0.1, 0.15) is 6.42 Å². The first kappa shape index (κ1) is 25.9. The lowest BCUT2D eigenvalue weighted by molar-refractivity contribution is -0.126. The van der Waals surface area contributed by atoms with Gasteiger partial charge in [-0.2, -0.15) is 0 Å². The van der Waals surface area contributed by atoms with Crippen molar-refractivity contribution in [2.24, 2.45) is 17.8 Å². The number of anilines is 2. The molecule has 6 rings (SSSR count). The summed E-state index contributed by atoms with van der Waals surface area (Å²) in [5.74, 6) is 1.41. The number of likely N-dealkylation sites (N-methyl/N-ethyl adjacent to an activating group) is 1. The number of amides is 1. The Morgan fingerprint density at radius 2 is 2.03 bits per heavy atom. The fourth-order valence-corrected chi connectivity index (χ4v) is 6.38. The fourth-order valence-electron chi connectivity index (χ4n) is 6.18. The van der Waals surface area contributed by atoms with E-state index in [1.54, 1.807) is 13.3 Å². The van der Waals surface area contributed by atoms with E-state index in [1.807, 2.05) is 6.07 Å². The first-order valence-corrected chi connectivity index (χ1v) is 13.8. The van der Waals surface area contributed by atoms with Crippen molar-refractivity contribution in [2.75, 3.05) is 63.7 Å². The average molecular weight is 552 g/mol. The normalized spacial score (nSPS) is 24.5. The first-order chi connectivity index (χ1) is 19.0. The molecule has 11 heteroatoms. The SMILES string of the molecule is COc1cc(N2CCN(C)CC2)ccc1-c1nc2ncc(Cl)c(N[C@H]3[C@@H](C(=O)NCCO)[C@@H]4C=C[C@H]3C4)c2[nH]1. The van der Waals surface area contributed by atoms with Gasteiger partial charge in [0.25, 0.3) is 0 Å². The molecule has 0 unspecified atom stereocenters. The van der Waals surface area contributed by atoms with E-state index in [4.69, 9.17) is 21.3 Å². The van der Waals surface area contributed by atoms with Crippen LogP contribution < -0.4 is 20.3 Å². The van der Waals surface area contributed by atoms with Gasteiger partial charge in [-0.15, -0.1) is 0 Å². The van der Waals surface area contributed by atoms with Gasteiger partial charge in [0.15, 0.2) is 5.65 Å². The number of benzene rings is 1. The molecule has 2 aromatic heterocycles. The molecule has 10 nitrogen and oxygen atoms in total. The molecule has 1 saturated carbocycles. The average Bonchev–Trinajstić information content (AvgIpc) is 3.68. The number of ether oxygens (including phenoxy) is 1. The van der Waals surface area contributed by atoms with Crippen molar-refractivity contribution in [3.8, 4) is 17.1 Å². The molecule has 2 fully saturated rings. The number of hydrogen-bond donors (Lipinski definition) is 4. The summed E-state index contributed by atoms with van der Waals surface area (Å²) in [4.78, 5) is 30.3. The largest absolute Gasteiger partial charge is 0.496 e. The van der Waals surface area contributed by atoms with E-state index in [-0.39, 0.29) is 42.9 Å². The van der Waals surface area contributed by atoms with Crippen LogP contribution in [0.5, 0.6) is 5.75 Å². The van der Waals surface area contributed by atoms with Crippen LogP contribution in [0.2, 0.25) is 5.02 Å². The molecule has 1 aliphatic heterocycles. The van der Waals surface area contributed by atoms with Gasteiger partial charge in [0.1, 0.15) is 17.1 Å². The van der Waals surface area contributed by atoms with Crippen molar-refractivity contribution in [3.63, 3.8) is 0 Å². The number of halogens is 1. The van der Waals surface area contributed by atoms with E-state index < -0.39 is 0 Å². The van der Waals surface area contributed by atoms with Crippen LogP contribution in [0, 0.1) is 17.8 Å². The Kier molecular flexibility index (Phi) is 7.09. The summed E-state index contributed by atoms with van der Waals surface area (Å²) in [6, 6.07) is 6.06. The lowest BCUT2D eigenvalue weighted by atomic mass is 9.87. The summed E-state index contributed by atoms with van der Waals surface area (Å²) in [6.07, 6.45) is 6.80. The number of aliphatic hydroxyl groups is 1. The number of pyridine rings is 1. The van der Waals surface area contributed by atoms with E-state index in [0.717, 1.165) is 49.6 Å². The summed E-state index contributed by atoms with van der Waals surface area (Å²) in [5.41, 5.74) is 3.85. The number of piperazine rings is 1. The van der Waals surface area contributed by atoms with Crippen LogP contribution in [0.4, 0.5) is 11.4 Å². The maximum absolute atomic E-state index is 13.0. The minimum absolute atomic E-state index is 0.0599. The number of rotatable bonds is 8. The Hall–Kier alpha value is -3.34. The Labute approximate surface area is 232 Å². The number of H-pyrrole nitrogens is 1. The van der Waals surface area contributed by atoms with Crippen LogP contribution in [-0.2, 0) is 4.79 Å². The molecule has 0 spiro atoms. The Morgan fingerprint density at radius 3 is 2.79 bits per heavy atom. The number of carbonyl (C=O) groups excluding carboxylic acids is 1. The van der Waals surface area contributed by atoms with E-state index >= 15 is 0 Å². The quantitative estimate of drug-likeness (QED) is 0.316. The number of carbonyl (C=O) groups is 1. The van der Waals surface area contributed by atoms with Crippen molar-refractivity contribution in [3.05, 3.63) is 41.6 Å². The van der Waals surface area contributed by atoms with Crippen LogP contribution in [0.3, 0.4) is 0 Å². The Morgan fingerprint density at radius 1 is 1.23 bits per heavy atom. The zero-order valence-corrected chi connectivity index (χ0v) is 22.9. The smallest absolute Gasteiger partial charge is 0.225 e. The van der Waals surface area contributed by atoms with Gasteiger partial charge in [-0.05, 0) is 37.4 Å². The van der Waals surface area contributed by atoms with Gasteiger partial charge >= 0.3 is 0 Å². The van der Waals surface area contributed by atoms with Crippen molar-refractivity contribution in [1.29, 1.82) is 0 Å². The number of methoxy groups -OCH3 is 1. The highest BCUT2D eigenvalue weighted by Gasteiger charge is 2.48. The van der Waals surface area contributed by atoms with Gasteiger partial charge in [0.05, 0.1) is 42.1 Å².